The molecular formula is C81H49N7O. The van der Waals surface area contributed by atoms with Crippen LogP contribution in [-0.2, 0) is 0 Å². The van der Waals surface area contributed by atoms with Gasteiger partial charge in [0.05, 0.1) is 44.1 Å². The average molecular weight is 1140 g/mol. The van der Waals surface area contributed by atoms with Gasteiger partial charge in [0.15, 0.2) is 11.6 Å². The lowest BCUT2D eigenvalue weighted by atomic mass is 9.98. The molecule has 0 spiro atoms. The highest BCUT2D eigenvalue weighted by Crippen LogP contribution is 2.45. The van der Waals surface area contributed by atoms with Crippen LogP contribution in [0.5, 0.6) is 0 Å². The van der Waals surface area contributed by atoms with Gasteiger partial charge < -0.3 is 18.1 Å². The summed E-state index contributed by atoms with van der Waals surface area (Å²) < 4.78 is 16.2. The van der Waals surface area contributed by atoms with E-state index in [0.29, 0.717) is 17.6 Å². The number of fused-ring (bicyclic) bond motifs is 16. The number of aromatic nitrogens is 7. The fraction of sp³-hybridized carbons (Fsp3) is 0. The van der Waals surface area contributed by atoms with E-state index >= 15 is 0 Å². The van der Waals surface area contributed by atoms with Gasteiger partial charge in [-0.25, -0.2) is 4.98 Å². The lowest BCUT2D eigenvalue weighted by Gasteiger charge is -2.12. The summed E-state index contributed by atoms with van der Waals surface area (Å²) >= 11 is 0. The van der Waals surface area contributed by atoms with Crippen molar-refractivity contribution in [3.05, 3.63) is 297 Å². The highest BCUT2D eigenvalue weighted by Gasteiger charge is 2.25. The van der Waals surface area contributed by atoms with E-state index in [0.717, 1.165) is 116 Å². The van der Waals surface area contributed by atoms with Gasteiger partial charge in [-0.3, -0.25) is 4.57 Å². The van der Waals surface area contributed by atoms with E-state index in [9.17, 15) is 0 Å². The first kappa shape index (κ1) is 49.2. The third kappa shape index (κ3) is 7.51. The second kappa shape index (κ2) is 19.2. The topological polar surface area (TPSA) is 71.5 Å². The fourth-order valence-corrected chi connectivity index (χ4v) is 14.2. The lowest BCUT2D eigenvalue weighted by molar-refractivity contribution is 0.669. The number of benzene rings is 13. The molecule has 0 aliphatic carbocycles. The number of rotatable bonds is 8. The fourth-order valence-electron chi connectivity index (χ4n) is 14.2. The molecule has 0 radical (unpaired) electrons. The average Bonchev–Trinajstić information content (AvgIpc) is 1.58. The summed E-state index contributed by atoms with van der Waals surface area (Å²) in [5.74, 6) is 1.75. The molecule has 19 aromatic rings. The second-order valence-corrected chi connectivity index (χ2v) is 23.1. The smallest absolute Gasteiger partial charge is 0.238 e. The molecule has 0 aliphatic heterocycles. The van der Waals surface area contributed by atoms with Gasteiger partial charge >= 0.3 is 0 Å². The molecule has 0 bridgehead atoms. The van der Waals surface area contributed by atoms with E-state index in [1.807, 2.05) is 36.4 Å². The zero-order valence-corrected chi connectivity index (χ0v) is 47.8. The molecule has 6 aromatic heterocycles. The van der Waals surface area contributed by atoms with Crippen LogP contribution in [0.4, 0.5) is 0 Å². The van der Waals surface area contributed by atoms with Gasteiger partial charge in [0.1, 0.15) is 11.2 Å². The summed E-state index contributed by atoms with van der Waals surface area (Å²) in [6.07, 6.45) is 0. The van der Waals surface area contributed by atoms with Gasteiger partial charge in [-0.15, -0.1) is 0 Å². The Morgan fingerprint density at radius 2 is 0.562 bits per heavy atom. The first-order chi connectivity index (χ1) is 44.1. The van der Waals surface area contributed by atoms with Crippen LogP contribution in [-0.4, -0.2) is 33.2 Å². The summed E-state index contributed by atoms with van der Waals surface area (Å²) in [5.41, 5.74) is 20.2. The zero-order chi connectivity index (χ0) is 58.3. The normalized spacial score (nSPS) is 12.0. The van der Waals surface area contributed by atoms with Crippen molar-refractivity contribution in [2.24, 2.45) is 0 Å². The minimum absolute atomic E-state index is 0.545. The molecule has 0 atom stereocenters. The minimum Gasteiger partial charge on any atom is -0.456 e. The predicted octanol–water partition coefficient (Wildman–Crippen LogP) is 20.8. The van der Waals surface area contributed by atoms with Crippen LogP contribution in [0.3, 0.4) is 0 Å². The Labute approximate surface area is 509 Å². The molecule has 19 rings (SSSR count). The number of nitrogens with zero attached hydrogens (tertiary/aromatic N) is 7. The molecule has 0 fully saturated rings. The third-order valence-corrected chi connectivity index (χ3v) is 18.2. The maximum Gasteiger partial charge on any atom is 0.238 e. The molecule has 0 unspecified atom stereocenters. The summed E-state index contributed by atoms with van der Waals surface area (Å²) in [5, 5.41) is 11.4. The van der Waals surface area contributed by atoms with E-state index in [1.165, 1.54) is 43.5 Å². The number of hydrogen-bond donors (Lipinski definition) is 0. The van der Waals surface area contributed by atoms with Crippen molar-refractivity contribution in [3.8, 4) is 68.0 Å². The Hall–Kier alpha value is -12.1. The molecule has 13 aromatic carbocycles. The molecule has 6 heterocycles. The van der Waals surface area contributed by atoms with Gasteiger partial charge in [-0.2, -0.15) is 9.97 Å². The van der Waals surface area contributed by atoms with E-state index in [2.05, 4.69) is 279 Å². The Morgan fingerprint density at radius 3 is 1.08 bits per heavy atom. The van der Waals surface area contributed by atoms with Crippen LogP contribution >= 0.6 is 0 Å². The maximum absolute atomic E-state index is 6.67. The van der Waals surface area contributed by atoms with Crippen molar-refractivity contribution in [1.82, 2.24) is 33.2 Å². The molecular weight excluding hydrogens is 1090 g/mol. The number of para-hydroxylation sites is 5. The van der Waals surface area contributed by atoms with Crippen LogP contribution in [0.15, 0.2) is 302 Å². The first-order valence-corrected chi connectivity index (χ1v) is 30.2. The molecule has 89 heavy (non-hydrogen) atoms. The van der Waals surface area contributed by atoms with Gasteiger partial charge in [0, 0.05) is 82.1 Å². The molecule has 0 amide bonds. The third-order valence-electron chi connectivity index (χ3n) is 18.2. The Bertz CT molecular complexity index is 6020. The van der Waals surface area contributed by atoms with Crippen LogP contribution in [0.2, 0.25) is 0 Å². The predicted molar refractivity (Wildman–Crippen MR) is 366 cm³/mol. The Balaban J connectivity index is 0.794. The molecule has 0 saturated heterocycles. The summed E-state index contributed by atoms with van der Waals surface area (Å²) in [6.45, 7) is 0. The van der Waals surface area contributed by atoms with Crippen LogP contribution in [0.1, 0.15) is 0 Å². The van der Waals surface area contributed by atoms with Gasteiger partial charge in [-0.1, -0.05) is 188 Å². The largest absolute Gasteiger partial charge is 0.456 e. The minimum atomic E-state index is 0.545. The van der Waals surface area contributed by atoms with Gasteiger partial charge in [-0.05, 0) is 131 Å². The van der Waals surface area contributed by atoms with Crippen molar-refractivity contribution < 1.29 is 4.42 Å². The second-order valence-electron chi connectivity index (χ2n) is 23.1. The van der Waals surface area contributed by atoms with Crippen molar-refractivity contribution in [1.29, 1.82) is 0 Å². The monoisotopic (exact) mass is 1140 g/mol. The quantitative estimate of drug-likeness (QED) is 0.152. The molecule has 0 aliphatic rings. The van der Waals surface area contributed by atoms with E-state index in [1.54, 1.807) is 0 Å². The number of furan rings is 1. The van der Waals surface area contributed by atoms with Crippen molar-refractivity contribution in [2.45, 2.75) is 0 Å². The van der Waals surface area contributed by atoms with Gasteiger partial charge in [0.2, 0.25) is 5.95 Å². The summed E-state index contributed by atoms with van der Waals surface area (Å²) in [6, 6.07) is 106. The highest BCUT2D eigenvalue weighted by atomic mass is 16.3. The maximum atomic E-state index is 6.67. The van der Waals surface area contributed by atoms with Crippen molar-refractivity contribution >= 4 is 109 Å². The van der Waals surface area contributed by atoms with E-state index in [-0.39, 0.29) is 0 Å². The van der Waals surface area contributed by atoms with Crippen molar-refractivity contribution in [3.63, 3.8) is 0 Å². The first-order valence-electron chi connectivity index (χ1n) is 30.2. The van der Waals surface area contributed by atoms with Gasteiger partial charge in [0.25, 0.3) is 0 Å². The summed E-state index contributed by atoms with van der Waals surface area (Å²) in [4.78, 5) is 15.8. The van der Waals surface area contributed by atoms with Crippen LogP contribution in [0.25, 0.3) is 177 Å². The molecule has 8 heteroatoms. The number of hydrogen-bond acceptors (Lipinski definition) is 4. The van der Waals surface area contributed by atoms with Crippen LogP contribution in [0, 0.1) is 0 Å². The molecule has 0 saturated carbocycles. The van der Waals surface area contributed by atoms with Crippen LogP contribution < -0.4 is 0 Å². The standard InChI is InChI=1S/C81H49N7O/c1-6-20-50(21-7-1)79-82-80(51-22-8-2-9-23-51)84-81(83-79)88-72-41-35-53(45-64(72)66-49-73-65(48-74(66)88)60-31-17-18-32-69(60)85(73)56-24-10-3-11-25-56)55-37-43-76-68(47-55)67-46-54(36-42-75(67)89-76)52-34-40-71-63(44-52)62-39-38-61-59-30-16-19-33-70(59)86(57-26-12-4-13-27-57)77(61)78(62)87(71)58-28-14-5-15-29-58/h1-49H. The highest BCUT2D eigenvalue weighted by molar-refractivity contribution is 6.25. The Kier molecular flexibility index (Phi) is 10.6. The molecule has 0 N–H and O–H groups in total. The molecule has 414 valence electrons. The SMILES string of the molecule is c1ccc(-c2nc(-c3ccccc3)nc(-n3c4ccc(-c5ccc6oc7ccc(-c8ccc9c(c8)c8ccc%10c%11ccccc%11n(-c%11ccccc%11)c%10c8n9-c8ccccc8)cc7c6c5)cc4c4cc5c(cc43)c3ccccc3n5-c3ccccc3)n2)cc1. The summed E-state index contributed by atoms with van der Waals surface area (Å²) in [7, 11) is 0. The zero-order valence-electron chi connectivity index (χ0n) is 47.8. The molecule has 8 nitrogen and oxygen atoms in total. The van der Waals surface area contributed by atoms with E-state index < -0.39 is 0 Å². The van der Waals surface area contributed by atoms with Crippen molar-refractivity contribution in [2.75, 3.05) is 0 Å². The lowest BCUT2D eigenvalue weighted by Crippen LogP contribution is -2.06. The Morgan fingerprint density at radius 1 is 0.213 bits per heavy atom. The van der Waals surface area contributed by atoms with E-state index in [4.69, 9.17) is 19.4 Å².